The maximum atomic E-state index is 14.5. The van der Waals surface area contributed by atoms with Crippen LogP contribution in [0.25, 0.3) is 5.69 Å². The lowest BCUT2D eigenvalue weighted by molar-refractivity contribution is 0.304. The first-order valence-corrected chi connectivity index (χ1v) is 10.0. The van der Waals surface area contributed by atoms with E-state index in [2.05, 4.69) is 22.1 Å². The van der Waals surface area contributed by atoms with Gasteiger partial charge in [0.25, 0.3) is 0 Å². The Morgan fingerprint density at radius 1 is 1.11 bits per heavy atom. The Hall–Kier alpha value is -2.73. The molecule has 0 radical (unpaired) electrons. The Morgan fingerprint density at radius 2 is 1.93 bits per heavy atom. The Balaban J connectivity index is 1.81. The van der Waals surface area contributed by atoms with Crippen molar-refractivity contribution in [3.8, 4) is 5.69 Å². The van der Waals surface area contributed by atoms with Crippen LogP contribution in [0.4, 0.5) is 4.39 Å². The van der Waals surface area contributed by atoms with E-state index in [1.165, 1.54) is 6.07 Å². The number of unbranched alkanes of at least 4 members (excludes halogenated alkanes) is 1. The molecule has 0 spiro atoms. The van der Waals surface area contributed by atoms with Crippen LogP contribution < -0.4 is 5.32 Å². The van der Waals surface area contributed by atoms with Gasteiger partial charge in [0.1, 0.15) is 5.82 Å². The molecular formula is C22H23FN4S. The lowest BCUT2D eigenvalue weighted by Gasteiger charge is -2.29. The summed E-state index contributed by atoms with van der Waals surface area (Å²) in [4.78, 5) is 6.77. The number of hydrogen-bond acceptors (Lipinski definition) is 2. The molecule has 1 saturated heterocycles. The van der Waals surface area contributed by atoms with Crippen molar-refractivity contribution < 1.29 is 4.39 Å². The number of aromatic nitrogens is 2. The van der Waals surface area contributed by atoms with Gasteiger partial charge in [-0.1, -0.05) is 31.5 Å². The van der Waals surface area contributed by atoms with Crippen molar-refractivity contribution in [3.63, 3.8) is 0 Å². The zero-order valence-corrected chi connectivity index (χ0v) is 16.6. The molecule has 2 aromatic heterocycles. The predicted octanol–water partition coefficient (Wildman–Crippen LogP) is 4.78. The minimum atomic E-state index is -0.247. The number of para-hydroxylation sites is 1. The second-order valence-corrected chi connectivity index (χ2v) is 7.31. The monoisotopic (exact) mass is 394 g/mol. The zero-order valence-electron chi connectivity index (χ0n) is 15.8. The molecule has 0 bridgehead atoms. The first-order valence-electron chi connectivity index (χ1n) is 9.61. The standard InChI is InChI=1S/C22H23FN4S/c1-2-3-14-27-21(20(25-22(27)28)17-10-6-7-13-24-17)19-12-8-15-26(19)18-11-5-4-9-16(18)23/h4-13,15,20-21H,2-3,14H2,1H3,(H,25,28)/t20-,21-/m1/s1. The molecule has 6 heteroatoms. The van der Waals surface area contributed by atoms with Gasteiger partial charge in [-0.3, -0.25) is 4.98 Å². The molecule has 1 aromatic carbocycles. The number of nitrogens with zero attached hydrogens (tertiary/aromatic N) is 3. The second kappa shape index (κ2) is 8.10. The smallest absolute Gasteiger partial charge is 0.170 e. The molecule has 0 aliphatic carbocycles. The summed E-state index contributed by atoms with van der Waals surface area (Å²) >= 11 is 5.67. The van der Waals surface area contributed by atoms with Gasteiger partial charge in [-0.25, -0.2) is 4.39 Å². The highest BCUT2D eigenvalue weighted by Crippen LogP contribution is 2.39. The maximum Gasteiger partial charge on any atom is 0.170 e. The predicted molar refractivity (Wildman–Crippen MR) is 113 cm³/mol. The van der Waals surface area contributed by atoms with Gasteiger partial charge >= 0.3 is 0 Å². The average molecular weight is 395 g/mol. The van der Waals surface area contributed by atoms with E-state index < -0.39 is 0 Å². The minimum absolute atomic E-state index is 0.0662. The summed E-state index contributed by atoms with van der Waals surface area (Å²) in [5.41, 5.74) is 2.45. The van der Waals surface area contributed by atoms with Crippen LogP contribution in [0.2, 0.25) is 0 Å². The summed E-state index contributed by atoms with van der Waals surface area (Å²) in [6.07, 6.45) is 5.81. The molecule has 4 rings (SSSR count). The van der Waals surface area contributed by atoms with E-state index in [0.29, 0.717) is 5.69 Å². The van der Waals surface area contributed by atoms with E-state index >= 15 is 0 Å². The summed E-state index contributed by atoms with van der Waals surface area (Å²) in [6, 6.07) is 16.6. The molecule has 0 amide bonds. The number of thiocarbonyl (C=S) groups is 1. The number of benzene rings is 1. The van der Waals surface area contributed by atoms with Crippen molar-refractivity contribution in [2.75, 3.05) is 6.54 Å². The third kappa shape index (κ3) is 3.40. The van der Waals surface area contributed by atoms with Crippen molar-refractivity contribution in [2.24, 2.45) is 0 Å². The van der Waals surface area contributed by atoms with Crippen LogP contribution in [-0.4, -0.2) is 26.1 Å². The topological polar surface area (TPSA) is 33.1 Å². The molecular weight excluding hydrogens is 371 g/mol. The van der Waals surface area contributed by atoms with Crippen LogP contribution in [0, 0.1) is 5.82 Å². The van der Waals surface area contributed by atoms with Crippen LogP contribution in [0.15, 0.2) is 67.0 Å². The summed E-state index contributed by atoms with van der Waals surface area (Å²) in [5.74, 6) is -0.247. The number of hydrogen-bond donors (Lipinski definition) is 1. The average Bonchev–Trinajstić information content (AvgIpc) is 3.31. The summed E-state index contributed by atoms with van der Waals surface area (Å²) in [7, 11) is 0. The lowest BCUT2D eigenvalue weighted by Crippen LogP contribution is -2.31. The fourth-order valence-electron chi connectivity index (χ4n) is 3.80. The van der Waals surface area contributed by atoms with Gasteiger partial charge in [0.05, 0.1) is 23.5 Å². The summed E-state index contributed by atoms with van der Waals surface area (Å²) in [6.45, 7) is 3.01. The van der Waals surface area contributed by atoms with Crippen LogP contribution >= 0.6 is 12.2 Å². The number of nitrogens with one attached hydrogen (secondary N) is 1. The van der Waals surface area contributed by atoms with Crippen LogP contribution in [0.1, 0.15) is 43.2 Å². The molecule has 0 unspecified atom stereocenters. The van der Waals surface area contributed by atoms with Gasteiger partial charge < -0.3 is 14.8 Å². The molecule has 0 saturated carbocycles. The SMILES string of the molecule is CCCCN1C(=S)N[C@H](c2ccccn2)[C@H]1c1cccn1-c1ccccc1F. The largest absolute Gasteiger partial charge is 0.352 e. The van der Waals surface area contributed by atoms with E-state index in [9.17, 15) is 4.39 Å². The van der Waals surface area contributed by atoms with Gasteiger partial charge in [0.15, 0.2) is 5.11 Å². The highest BCUT2D eigenvalue weighted by Gasteiger charge is 2.40. The minimum Gasteiger partial charge on any atom is -0.352 e. The highest BCUT2D eigenvalue weighted by atomic mass is 32.1. The quantitative estimate of drug-likeness (QED) is 0.610. The molecule has 2 atom stereocenters. The van der Waals surface area contributed by atoms with E-state index in [1.807, 2.05) is 47.2 Å². The molecule has 1 aliphatic heterocycles. The number of halogens is 1. The Labute approximate surface area is 170 Å². The molecule has 3 aromatic rings. The van der Waals surface area contributed by atoms with Gasteiger partial charge in [0.2, 0.25) is 0 Å². The molecule has 144 valence electrons. The molecule has 1 aliphatic rings. The number of rotatable bonds is 6. The van der Waals surface area contributed by atoms with E-state index in [4.69, 9.17) is 12.2 Å². The summed E-state index contributed by atoms with van der Waals surface area (Å²) < 4.78 is 16.4. The van der Waals surface area contributed by atoms with Crippen LogP contribution in [0.3, 0.4) is 0 Å². The molecule has 1 fully saturated rings. The Kier molecular flexibility index (Phi) is 5.39. The van der Waals surface area contributed by atoms with E-state index in [1.54, 1.807) is 18.3 Å². The first-order chi connectivity index (χ1) is 13.7. The van der Waals surface area contributed by atoms with Gasteiger partial charge in [-0.15, -0.1) is 0 Å². The Bertz CT molecular complexity index is 956. The highest BCUT2D eigenvalue weighted by molar-refractivity contribution is 7.80. The van der Waals surface area contributed by atoms with Crippen molar-refractivity contribution in [2.45, 2.75) is 31.8 Å². The van der Waals surface area contributed by atoms with E-state index in [0.717, 1.165) is 35.9 Å². The Morgan fingerprint density at radius 3 is 2.68 bits per heavy atom. The first kappa shape index (κ1) is 18.6. The number of pyridine rings is 1. The molecule has 1 N–H and O–H groups in total. The molecule has 28 heavy (non-hydrogen) atoms. The van der Waals surface area contributed by atoms with E-state index in [-0.39, 0.29) is 17.9 Å². The molecule has 4 nitrogen and oxygen atoms in total. The second-order valence-electron chi connectivity index (χ2n) is 6.93. The van der Waals surface area contributed by atoms with Crippen molar-refractivity contribution in [3.05, 3.63) is 84.2 Å². The lowest BCUT2D eigenvalue weighted by atomic mass is 10.0. The normalized spacial score (nSPS) is 19.1. The van der Waals surface area contributed by atoms with Crippen molar-refractivity contribution in [1.82, 2.24) is 19.8 Å². The zero-order chi connectivity index (χ0) is 19.5. The van der Waals surface area contributed by atoms with Crippen LogP contribution in [0.5, 0.6) is 0 Å². The van der Waals surface area contributed by atoms with Crippen LogP contribution in [-0.2, 0) is 0 Å². The maximum absolute atomic E-state index is 14.5. The fourth-order valence-corrected chi connectivity index (χ4v) is 4.13. The third-order valence-electron chi connectivity index (χ3n) is 5.15. The third-order valence-corrected chi connectivity index (χ3v) is 5.50. The van der Waals surface area contributed by atoms with Gasteiger partial charge in [0, 0.05) is 24.6 Å². The van der Waals surface area contributed by atoms with Gasteiger partial charge in [-0.2, -0.15) is 0 Å². The van der Waals surface area contributed by atoms with Gasteiger partial charge in [-0.05, 0) is 55.0 Å². The summed E-state index contributed by atoms with van der Waals surface area (Å²) in [5, 5.41) is 4.17. The fraction of sp³-hybridized carbons (Fsp3) is 0.273. The van der Waals surface area contributed by atoms with Crippen molar-refractivity contribution >= 4 is 17.3 Å². The van der Waals surface area contributed by atoms with Crippen molar-refractivity contribution in [1.29, 1.82) is 0 Å². The molecule has 3 heterocycles.